The van der Waals surface area contributed by atoms with Crippen LogP contribution in [0.3, 0.4) is 0 Å². The number of aromatic nitrogens is 3. The average Bonchev–Trinajstić information content (AvgIpc) is 2.72. The van der Waals surface area contributed by atoms with Crippen molar-refractivity contribution in [3.8, 4) is 11.3 Å². The second kappa shape index (κ2) is 8.17. The minimum Gasteiger partial charge on any atom is -0.379 e. The van der Waals surface area contributed by atoms with Crippen LogP contribution >= 0.6 is 0 Å². The summed E-state index contributed by atoms with van der Waals surface area (Å²) in [4.78, 5) is 16.5. The van der Waals surface area contributed by atoms with Crippen molar-refractivity contribution in [2.45, 2.75) is 39.5 Å². The van der Waals surface area contributed by atoms with Gasteiger partial charge in [0.2, 0.25) is 0 Å². The molecule has 5 nitrogen and oxygen atoms in total. The third kappa shape index (κ3) is 4.62. The molecule has 0 N–H and O–H groups in total. The first kappa shape index (κ1) is 19.9. The predicted octanol–water partition coefficient (Wildman–Crippen LogP) is 4.17. The Hall–Kier alpha value is -2.37. The van der Waals surface area contributed by atoms with Gasteiger partial charge in [-0.3, -0.25) is 4.90 Å². The first-order valence-electron chi connectivity index (χ1n) is 10.4. The fourth-order valence-electron chi connectivity index (χ4n) is 3.70. The van der Waals surface area contributed by atoms with Crippen LogP contribution in [-0.2, 0) is 16.6 Å². The molecule has 0 amide bonds. The predicted molar refractivity (Wildman–Crippen MR) is 117 cm³/mol. The Morgan fingerprint density at radius 3 is 2.45 bits per heavy atom. The lowest BCUT2D eigenvalue weighted by molar-refractivity contribution is 0.0384. The molecule has 1 aliphatic rings. The van der Waals surface area contributed by atoms with E-state index in [0.717, 1.165) is 61.9 Å². The molecule has 1 aromatic carbocycles. The number of nitrogens with zero attached hydrogens (tertiary/aromatic N) is 4. The number of benzene rings is 1. The number of rotatable bonds is 4. The zero-order valence-corrected chi connectivity index (χ0v) is 17.9. The Morgan fingerprint density at radius 1 is 1.03 bits per heavy atom. The van der Waals surface area contributed by atoms with Gasteiger partial charge in [-0.15, -0.1) is 0 Å². The summed E-state index contributed by atoms with van der Waals surface area (Å²) in [7, 11) is 0. The summed E-state index contributed by atoms with van der Waals surface area (Å²) in [6.07, 6.45) is 4.83. The third-order valence-electron chi connectivity index (χ3n) is 5.52. The van der Waals surface area contributed by atoms with E-state index in [1.54, 1.807) is 0 Å². The van der Waals surface area contributed by atoms with Gasteiger partial charge in [0.05, 0.1) is 24.4 Å². The summed E-state index contributed by atoms with van der Waals surface area (Å²) in [6, 6.07) is 8.79. The van der Waals surface area contributed by atoms with E-state index in [9.17, 15) is 0 Å². The molecule has 0 unspecified atom stereocenters. The van der Waals surface area contributed by atoms with Gasteiger partial charge < -0.3 is 4.74 Å². The highest BCUT2D eigenvalue weighted by Gasteiger charge is 2.17. The molecule has 5 heteroatoms. The molecule has 4 rings (SSSR count). The van der Waals surface area contributed by atoms with Crippen molar-refractivity contribution in [2.75, 3.05) is 32.8 Å². The molecule has 0 aliphatic carbocycles. The van der Waals surface area contributed by atoms with E-state index in [2.05, 4.69) is 66.8 Å². The monoisotopic (exact) mass is 390 g/mol. The maximum atomic E-state index is 5.44. The maximum Gasteiger partial charge on any atom is 0.133 e. The van der Waals surface area contributed by atoms with Crippen molar-refractivity contribution in [2.24, 2.45) is 0 Å². The van der Waals surface area contributed by atoms with E-state index in [0.29, 0.717) is 0 Å². The molecule has 0 bridgehead atoms. The van der Waals surface area contributed by atoms with E-state index in [1.807, 2.05) is 12.4 Å². The van der Waals surface area contributed by atoms with E-state index < -0.39 is 0 Å². The third-order valence-corrected chi connectivity index (χ3v) is 5.52. The Labute approximate surface area is 173 Å². The topological polar surface area (TPSA) is 51.1 Å². The molecule has 152 valence electrons. The summed E-state index contributed by atoms with van der Waals surface area (Å²) in [6.45, 7) is 13.4. The average molecular weight is 391 g/mol. The fourth-order valence-corrected chi connectivity index (χ4v) is 3.70. The van der Waals surface area contributed by atoms with Crippen molar-refractivity contribution in [1.82, 2.24) is 19.9 Å². The number of pyridine rings is 1. The Bertz CT molecular complexity index is 986. The van der Waals surface area contributed by atoms with Gasteiger partial charge in [-0.25, -0.2) is 15.0 Å². The number of ether oxygens (including phenoxy) is 1. The van der Waals surface area contributed by atoms with Crippen LogP contribution in [0.25, 0.3) is 22.2 Å². The zero-order valence-electron chi connectivity index (χ0n) is 17.9. The van der Waals surface area contributed by atoms with Crippen LogP contribution < -0.4 is 0 Å². The van der Waals surface area contributed by atoms with Crippen LogP contribution in [0, 0.1) is 6.92 Å². The van der Waals surface area contributed by atoms with Gasteiger partial charge in [0.1, 0.15) is 5.82 Å². The Balaban J connectivity index is 1.55. The highest BCUT2D eigenvalue weighted by atomic mass is 16.5. The van der Waals surface area contributed by atoms with Gasteiger partial charge in [0.25, 0.3) is 0 Å². The van der Waals surface area contributed by atoms with Crippen molar-refractivity contribution in [3.63, 3.8) is 0 Å². The molecule has 2 aromatic heterocycles. The standard InChI is InChI=1S/C24H30N4O/c1-17-13-22(19-15-25-23(26-16-19)24(2,3)4)27-21-6-5-18(14-20(17)21)7-8-28-9-11-29-12-10-28/h5-6,13-16H,7-12H2,1-4H3. The summed E-state index contributed by atoms with van der Waals surface area (Å²) < 4.78 is 5.44. The first-order valence-corrected chi connectivity index (χ1v) is 10.4. The van der Waals surface area contributed by atoms with E-state index >= 15 is 0 Å². The van der Waals surface area contributed by atoms with Crippen LogP contribution in [0.1, 0.15) is 37.7 Å². The van der Waals surface area contributed by atoms with Crippen LogP contribution in [-0.4, -0.2) is 52.7 Å². The van der Waals surface area contributed by atoms with Crippen LogP contribution in [0.15, 0.2) is 36.7 Å². The second-order valence-corrected chi connectivity index (χ2v) is 8.93. The van der Waals surface area contributed by atoms with Gasteiger partial charge in [-0.05, 0) is 42.7 Å². The number of hydrogen-bond donors (Lipinski definition) is 0. The molecule has 1 aliphatic heterocycles. The second-order valence-electron chi connectivity index (χ2n) is 8.93. The number of aryl methyl sites for hydroxylation is 1. The Kier molecular flexibility index (Phi) is 5.61. The highest BCUT2D eigenvalue weighted by Crippen LogP contribution is 2.26. The van der Waals surface area contributed by atoms with Crippen LogP contribution in [0.5, 0.6) is 0 Å². The molecular formula is C24H30N4O. The minimum absolute atomic E-state index is 0.0527. The van der Waals surface area contributed by atoms with Crippen LogP contribution in [0.2, 0.25) is 0 Å². The molecular weight excluding hydrogens is 360 g/mol. The van der Waals surface area contributed by atoms with Crippen molar-refractivity contribution in [1.29, 1.82) is 0 Å². The maximum absolute atomic E-state index is 5.44. The molecule has 29 heavy (non-hydrogen) atoms. The molecule has 1 fully saturated rings. The van der Waals surface area contributed by atoms with Crippen LogP contribution in [0.4, 0.5) is 0 Å². The van der Waals surface area contributed by atoms with E-state index in [4.69, 9.17) is 9.72 Å². The minimum atomic E-state index is -0.0527. The van der Waals surface area contributed by atoms with E-state index in [1.165, 1.54) is 16.5 Å². The molecule has 3 aromatic rings. The largest absolute Gasteiger partial charge is 0.379 e. The fraction of sp³-hybridized carbons (Fsp3) is 0.458. The summed E-state index contributed by atoms with van der Waals surface area (Å²) in [5, 5.41) is 1.22. The van der Waals surface area contributed by atoms with Gasteiger partial charge >= 0.3 is 0 Å². The van der Waals surface area contributed by atoms with Crippen molar-refractivity contribution < 1.29 is 4.74 Å². The van der Waals surface area contributed by atoms with Crippen molar-refractivity contribution in [3.05, 3.63) is 53.6 Å². The molecule has 0 radical (unpaired) electrons. The number of morpholine rings is 1. The highest BCUT2D eigenvalue weighted by molar-refractivity contribution is 5.85. The van der Waals surface area contributed by atoms with Crippen molar-refractivity contribution >= 4 is 10.9 Å². The lowest BCUT2D eigenvalue weighted by atomic mass is 9.95. The number of hydrogen-bond acceptors (Lipinski definition) is 5. The molecule has 0 saturated carbocycles. The smallest absolute Gasteiger partial charge is 0.133 e. The lowest BCUT2D eigenvalue weighted by Crippen LogP contribution is -2.37. The molecule has 0 spiro atoms. The SMILES string of the molecule is Cc1cc(-c2cnc(C(C)(C)C)nc2)nc2ccc(CCN3CCOCC3)cc12. The normalized spacial score (nSPS) is 15.7. The quantitative estimate of drug-likeness (QED) is 0.669. The lowest BCUT2D eigenvalue weighted by Gasteiger charge is -2.26. The first-order chi connectivity index (χ1) is 13.9. The van der Waals surface area contributed by atoms with Gasteiger partial charge in [-0.1, -0.05) is 26.8 Å². The molecule has 3 heterocycles. The van der Waals surface area contributed by atoms with Gasteiger partial charge in [-0.2, -0.15) is 0 Å². The summed E-state index contributed by atoms with van der Waals surface area (Å²) >= 11 is 0. The number of fused-ring (bicyclic) bond motifs is 1. The van der Waals surface area contributed by atoms with Gasteiger partial charge in [0, 0.05) is 48.4 Å². The Morgan fingerprint density at radius 2 is 1.76 bits per heavy atom. The summed E-state index contributed by atoms with van der Waals surface area (Å²) in [5.74, 6) is 0.851. The molecule has 0 atom stereocenters. The zero-order chi connectivity index (χ0) is 20.4. The molecule has 1 saturated heterocycles. The van der Waals surface area contributed by atoms with E-state index in [-0.39, 0.29) is 5.41 Å². The van der Waals surface area contributed by atoms with Gasteiger partial charge in [0.15, 0.2) is 0 Å². The summed E-state index contributed by atoms with van der Waals surface area (Å²) in [5.41, 5.74) is 5.45.